The third-order valence-corrected chi connectivity index (χ3v) is 2.98. The summed E-state index contributed by atoms with van der Waals surface area (Å²) in [5.41, 5.74) is 0.535. The van der Waals surface area contributed by atoms with Gasteiger partial charge in [-0.15, -0.1) is 0 Å². The zero-order valence-corrected chi connectivity index (χ0v) is 10.1. The van der Waals surface area contributed by atoms with E-state index in [2.05, 4.69) is 0 Å². The second kappa shape index (κ2) is 4.93. The van der Waals surface area contributed by atoms with Gasteiger partial charge in [-0.05, 0) is 24.0 Å². The van der Waals surface area contributed by atoms with Crippen LogP contribution in [-0.4, -0.2) is 28.7 Å². The van der Waals surface area contributed by atoms with Gasteiger partial charge in [-0.3, -0.25) is 4.79 Å². The van der Waals surface area contributed by atoms with Crippen molar-refractivity contribution >= 4 is 5.78 Å². The molecule has 2 N–H and O–H groups in total. The molecule has 0 aliphatic heterocycles. The lowest BCUT2D eigenvalue weighted by molar-refractivity contribution is -0.117. The molecular weight excluding hydrogens is 204 g/mol. The molecule has 1 aliphatic carbocycles. The number of aliphatic hydroxyl groups is 2. The van der Waals surface area contributed by atoms with E-state index in [1.54, 1.807) is 13.0 Å². The van der Waals surface area contributed by atoms with Crippen molar-refractivity contribution in [3.63, 3.8) is 0 Å². The molecule has 0 fully saturated rings. The Morgan fingerprint density at radius 1 is 1.62 bits per heavy atom. The summed E-state index contributed by atoms with van der Waals surface area (Å²) in [5, 5.41) is 18.5. The lowest BCUT2D eigenvalue weighted by Gasteiger charge is -2.36. The molecule has 16 heavy (non-hydrogen) atoms. The lowest BCUT2D eigenvalue weighted by atomic mass is 9.68. The van der Waals surface area contributed by atoms with Gasteiger partial charge in [0.1, 0.15) is 0 Å². The van der Waals surface area contributed by atoms with Crippen molar-refractivity contribution in [2.75, 3.05) is 6.61 Å². The van der Waals surface area contributed by atoms with Gasteiger partial charge in [-0.2, -0.15) is 0 Å². The number of allylic oxidation sites excluding steroid dienone is 2. The molecule has 2 atom stereocenters. The number of rotatable bonds is 3. The van der Waals surface area contributed by atoms with Gasteiger partial charge in [0.25, 0.3) is 0 Å². The Kier molecular flexibility index (Phi) is 4.05. The first kappa shape index (κ1) is 13.1. The van der Waals surface area contributed by atoms with Crippen LogP contribution >= 0.6 is 0 Å². The Hall–Kier alpha value is -0.930. The van der Waals surface area contributed by atoms with Gasteiger partial charge < -0.3 is 10.2 Å². The van der Waals surface area contributed by atoms with E-state index in [0.29, 0.717) is 6.42 Å². The smallest absolute Gasteiger partial charge is 0.156 e. The maximum atomic E-state index is 11.5. The monoisotopic (exact) mass is 224 g/mol. The van der Waals surface area contributed by atoms with Crippen molar-refractivity contribution in [3.8, 4) is 0 Å². The van der Waals surface area contributed by atoms with Crippen molar-refractivity contribution in [1.29, 1.82) is 0 Å². The van der Waals surface area contributed by atoms with Gasteiger partial charge in [0.2, 0.25) is 0 Å². The minimum atomic E-state index is -0.506. The van der Waals surface area contributed by atoms with Gasteiger partial charge >= 0.3 is 0 Å². The molecule has 1 aliphatic rings. The summed E-state index contributed by atoms with van der Waals surface area (Å²) in [5.74, 6) is 0.0838. The van der Waals surface area contributed by atoms with Gasteiger partial charge in [-0.25, -0.2) is 0 Å². The number of hydrogen-bond acceptors (Lipinski definition) is 3. The Balaban J connectivity index is 3.00. The second-order valence-corrected chi connectivity index (χ2v) is 5.11. The van der Waals surface area contributed by atoms with Crippen LogP contribution in [0.3, 0.4) is 0 Å². The fourth-order valence-corrected chi connectivity index (χ4v) is 2.21. The van der Waals surface area contributed by atoms with Gasteiger partial charge in [0.05, 0.1) is 12.7 Å². The molecule has 0 spiro atoms. The predicted octanol–water partition coefficient (Wildman–Crippen LogP) is 1.46. The van der Waals surface area contributed by atoms with Crippen LogP contribution in [0.15, 0.2) is 23.8 Å². The van der Waals surface area contributed by atoms with E-state index in [1.807, 2.05) is 19.9 Å². The molecule has 0 aromatic rings. The highest BCUT2D eigenvalue weighted by Gasteiger charge is 2.35. The maximum absolute atomic E-state index is 11.5. The molecule has 1 rings (SSSR count). The van der Waals surface area contributed by atoms with Crippen molar-refractivity contribution in [1.82, 2.24) is 0 Å². The molecule has 0 bridgehead atoms. The van der Waals surface area contributed by atoms with Crippen LogP contribution in [0.25, 0.3) is 0 Å². The van der Waals surface area contributed by atoms with Gasteiger partial charge in [0, 0.05) is 12.3 Å². The summed E-state index contributed by atoms with van der Waals surface area (Å²) in [7, 11) is 0. The van der Waals surface area contributed by atoms with Crippen molar-refractivity contribution in [2.24, 2.45) is 11.3 Å². The topological polar surface area (TPSA) is 57.5 Å². The Morgan fingerprint density at radius 2 is 2.25 bits per heavy atom. The van der Waals surface area contributed by atoms with Gasteiger partial charge in [-0.1, -0.05) is 26.0 Å². The average molecular weight is 224 g/mol. The fourth-order valence-electron chi connectivity index (χ4n) is 2.21. The van der Waals surface area contributed by atoms with E-state index in [0.717, 1.165) is 5.57 Å². The van der Waals surface area contributed by atoms with Crippen LogP contribution in [0.1, 0.15) is 27.2 Å². The average Bonchev–Trinajstić information content (AvgIpc) is 2.13. The predicted molar refractivity (Wildman–Crippen MR) is 62.9 cm³/mol. The molecule has 0 radical (unpaired) electrons. The summed E-state index contributed by atoms with van der Waals surface area (Å²) in [4.78, 5) is 11.5. The molecule has 0 aromatic heterocycles. The van der Waals surface area contributed by atoms with E-state index in [9.17, 15) is 15.0 Å². The number of carbonyl (C=O) groups is 1. The van der Waals surface area contributed by atoms with Crippen LogP contribution in [0.2, 0.25) is 0 Å². The fraction of sp³-hybridized carbons (Fsp3) is 0.615. The number of carbonyl (C=O) groups excluding carboxylic acids is 1. The third-order valence-electron chi connectivity index (χ3n) is 2.98. The van der Waals surface area contributed by atoms with Crippen molar-refractivity contribution < 1.29 is 15.0 Å². The number of hydrogen-bond donors (Lipinski definition) is 2. The Labute approximate surface area is 96.5 Å². The molecule has 90 valence electrons. The molecule has 1 unspecified atom stereocenters. The molecule has 3 heteroatoms. The summed E-state index contributed by atoms with van der Waals surface area (Å²) >= 11 is 0. The molecule has 3 nitrogen and oxygen atoms in total. The molecule has 0 heterocycles. The van der Waals surface area contributed by atoms with Crippen molar-refractivity contribution in [3.05, 3.63) is 23.8 Å². The minimum Gasteiger partial charge on any atom is -0.392 e. The largest absolute Gasteiger partial charge is 0.392 e. The highest BCUT2D eigenvalue weighted by atomic mass is 16.3. The van der Waals surface area contributed by atoms with Gasteiger partial charge in [0.15, 0.2) is 5.78 Å². The van der Waals surface area contributed by atoms with Crippen LogP contribution < -0.4 is 0 Å². The molecule has 0 amide bonds. The van der Waals surface area contributed by atoms with E-state index < -0.39 is 6.10 Å². The number of aliphatic hydroxyl groups excluding tert-OH is 2. The highest BCUT2D eigenvalue weighted by Crippen LogP contribution is 2.40. The SMILES string of the molecule is C[C@@H](O)/C=C/C1C(CO)=CC(=O)CC1(C)C. The Bertz CT molecular complexity index is 324. The molecule has 0 saturated carbocycles. The first-order chi connectivity index (χ1) is 7.36. The standard InChI is InChI=1S/C13H20O3/c1-9(15)4-5-12-10(8-14)6-11(16)7-13(12,2)3/h4-6,9,12,14-15H,7-8H2,1-3H3/b5-4+/t9-,12?/m1/s1. The van der Waals surface area contributed by atoms with Crippen LogP contribution in [-0.2, 0) is 4.79 Å². The second-order valence-electron chi connectivity index (χ2n) is 5.11. The molecule has 0 aromatic carbocycles. The minimum absolute atomic E-state index is 0.0183. The quantitative estimate of drug-likeness (QED) is 0.713. The van der Waals surface area contributed by atoms with Crippen LogP contribution in [0.5, 0.6) is 0 Å². The van der Waals surface area contributed by atoms with E-state index in [-0.39, 0.29) is 23.7 Å². The maximum Gasteiger partial charge on any atom is 0.156 e. The van der Waals surface area contributed by atoms with E-state index >= 15 is 0 Å². The lowest BCUT2D eigenvalue weighted by Crippen LogP contribution is -2.32. The zero-order valence-electron chi connectivity index (χ0n) is 10.1. The molecular formula is C13H20O3. The summed E-state index contributed by atoms with van der Waals surface area (Å²) in [6.07, 6.45) is 5.09. The first-order valence-corrected chi connectivity index (χ1v) is 5.57. The zero-order chi connectivity index (χ0) is 12.3. The summed E-state index contributed by atoms with van der Waals surface area (Å²) in [6.45, 7) is 5.58. The molecule has 0 saturated heterocycles. The third kappa shape index (κ3) is 3.03. The number of ketones is 1. The van der Waals surface area contributed by atoms with Crippen LogP contribution in [0, 0.1) is 11.3 Å². The highest BCUT2D eigenvalue weighted by molar-refractivity contribution is 5.92. The summed E-state index contributed by atoms with van der Waals surface area (Å²) < 4.78 is 0. The normalized spacial score (nSPS) is 26.9. The van der Waals surface area contributed by atoms with E-state index in [4.69, 9.17) is 0 Å². The Morgan fingerprint density at radius 3 is 2.75 bits per heavy atom. The first-order valence-electron chi connectivity index (χ1n) is 5.57. The van der Waals surface area contributed by atoms with Crippen molar-refractivity contribution in [2.45, 2.75) is 33.3 Å². The van der Waals surface area contributed by atoms with E-state index in [1.165, 1.54) is 6.08 Å². The summed E-state index contributed by atoms with van der Waals surface area (Å²) in [6, 6.07) is 0. The van der Waals surface area contributed by atoms with Crippen LogP contribution in [0.4, 0.5) is 0 Å².